The first-order valence-electron chi connectivity index (χ1n) is 11.3. The van der Waals surface area contributed by atoms with E-state index >= 15 is 0 Å². The summed E-state index contributed by atoms with van der Waals surface area (Å²) >= 11 is 0. The highest BCUT2D eigenvalue weighted by molar-refractivity contribution is 5.19. The molecule has 27 heavy (non-hydrogen) atoms. The molecule has 1 saturated carbocycles. The van der Waals surface area contributed by atoms with Crippen LogP contribution in [-0.4, -0.2) is 0 Å². The number of aryl methyl sites for hydroxylation is 1. The number of rotatable bonds is 8. The van der Waals surface area contributed by atoms with E-state index in [1.165, 1.54) is 88.3 Å². The van der Waals surface area contributed by atoms with Crippen LogP contribution in [-0.2, 0) is 6.42 Å². The maximum atomic E-state index is 13.3. The Labute approximate surface area is 164 Å². The molecule has 1 aromatic rings. The van der Waals surface area contributed by atoms with E-state index in [9.17, 15) is 8.78 Å². The second-order valence-electron chi connectivity index (χ2n) is 9.00. The van der Waals surface area contributed by atoms with Crippen LogP contribution < -0.4 is 0 Å². The van der Waals surface area contributed by atoms with Crippen LogP contribution in [0.3, 0.4) is 0 Å². The molecule has 0 radical (unpaired) electrons. The largest absolute Gasteiger partial charge is 0.204 e. The lowest BCUT2D eigenvalue weighted by Gasteiger charge is -2.30. The predicted molar refractivity (Wildman–Crippen MR) is 110 cm³/mol. The molecule has 150 valence electrons. The second-order valence-corrected chi connectivity index (χ2v) is 9.00. The maximum absolute atomic E-state index is 13.3. The third-order valence-electron chi connectivity index (χ3n) is 6.98. The Kier molecular flexibility index (Phi) is 7.91. The van der Waals surface area contributed by atoms with Crippen molar-refractivity contribution in [3.05, 3.63) is 47.0 Å². The van der Waals surface area contributed by atoms with Crippen molar-refractivity contribution < 1.29 is 8.78 Å². The van der Waals surface area contributed by atoms with Crippen molar-refractivity contribution in [3.8, 4) is 0 Å². The van der Waals surface area contributed by atoms with Crippen LogP contribution in [0.4, 0.5) is 8.78 Å². The monoisotopic (exact) mass is 374 g/mol. The number of hydrogen-bond acceptors (Lipinski definition) is 0. The summed E-state index contributed by atoms with van der Waals surface area (Å²) in [6.45, 7) is 2.31. The molecule has 0 spiro atoms. The van der Waals surface area contributed by atoms with Crippen LogP contribution in [0, 0.1) is 29.4 Å². The normalized spacial score (nSPS) is 26.0. The SMILES string of the molecule is CCC[C@H]1CC[C@H](CCC2CC=C(CCc3ccc(F)c(F)c3)CC2)CC1. The zero-order valence-corrected chi connectivity index (χ0v) is 17.0. The minimum Gasteiger partial charge on any atom is -0.204 e. The lowest BCUT2D eigenvalue weighted by molar-refractivity contribution is 0.236. The van der Waals surface area contributed by atoms with Gasteiger partial charge >= 0.3 is 0 Å². The van der Waals surface area contributed by atoms with Crippen molar-refractivity contribution in [2.45, 2.75) is 90.4 Å². The summed E-state index contributed by atoms with van der Waals surface area (Å²) in [5.74, 6) is 1.38. The van der Waals surface area contributed by atoms with E-state index in [1.807, 2.05) is 0 Å². The fourth-order valence-electron chi connectivity index (χ4n) is 5.12. The minimum absolute atomic E-state index is 0.728. The first-order chi connectivity index (χ1) is 13.1. The topological polar surface area (TPSA) is 0 Å². The molecule has 1 atom stereocenters. The van der Waals surface area contributed by atoms with Gasteiger partial charge in [0.15, 0.2) is 11.6 Å². The van der Waals surface area contributed by atoms with Crippen LogP contribution in [0.2, 0.25) is 0 Å². The first kappa shape index (κ1) is 20.6. The Morgan fingerprint density at radius 1 is 0.815 bits per heavy atom. The van der Waals surface area contributed by atoms with Crippen molar-refractivity contribution in [2.24, 2.45) is 17.8 Å². The average Bonchev–Trinajstić information content (AvgIpc) is 2.69. The number of benzene rings is 1. The van der Waals surface area contributed by atoms with Crippen LogP contribution >= 0.6 is 0 Å². The molecule has 0 saturated heterocycles. The van der Waals surface area contributed by atoms with Crippen molar-refractivity contribution in [2.75, 3.05) is 0 Å². The van der Waals surface area contributed by atoms with Crippen LogP contribution in [0.1, 0.15) is 89.5 Å². The highest BCUT2D eigenvalue weighted by Gasteiger charge is 2.22. The van der Waals surface area contributed by atoms with Gasteiger partial charge in [-0.3, -0.25) is 0 Å². The number of allylic oxidation sites excluding steroid dienone is 2. The Bertz CT molecular complexity index is 611. The summed E-state index contributed by atoms with van der Waals surface area (Å²) in [4.78, 5) is 0. The standard InChI is InChI=1S/C25H36F2/c1-2-3-19-4-6-20(7-5-19)8-9-21-10-12-22(13-11-21)14-15-23-16-17-24(26)25(27)18-23/h12,16-21H,2-11,13-15H2,1H3/t19-,20-,21?. The van der Waals surface area contributed by atoms with Crippen molar-refractivity contribution in [1.82, 2.24) is 0 Å². The van der Waals surface area contributed by atoms with E-state index in [1.54, 1.807) is 6.07 Å². The fourth-order valence-corrected chi connectivity index (χ4v) is 5.12. The lowest BCUT2D eigenvalue weighted by atomic mass is 9.76. The van der Waals surface area contributed by atoms with Gasteiger partial charge in [0.25, 0.3) is 0 Å². The second kappa shape index (κ2) is 10.4. The molecular formula is C25H36F2. The summed E-state index contributed by atoms with van der Waals surface area (Å²) in [6, 6.07) is 4.29. The van der Waals surface area contributed by atoms with Crippen LogP contribution in [0.25, 0.3) is 0 Å². The molecule has 2 heteroatoms. The molecule has 1 fully saturated rings. The van der Waals surface area contributed by atoms with E-state index in [2.05, 4.69) is 13.0 Å². The molecule has 0 aromatic heterocycles. The Hall–Kier alpha value is -1.18. The maximum Gasteiger partial charge on any atom is 0.159 e. The Balaban J connectivity index is 1.34. The van der Waals surface area contributed by atoms with Gasteiger partial charge in [0.1, 0.15) is 0 Å². The third-order valence-corrected chi connectivity index (χ3v) is 6.98. The molecular weight excluding hydrogens is 338 g/mol. The van der Waals surface area contributed by atoms with E-state index in [0.29, 0.717) is 0 Å². The quantitative estimate of drug-likeness (QED) is 0.404. The molecule has 1 aromatic carbocycles. The number of hydrogen-bond donors (Lipinski definition) is 0. The summed E-state index contributed by atoms with van der Waals surface area (Å²) in [5, 5.41) is 0. The van der Waals surface area contributed by atoms with Crippen molar-refractivity contribution in [1.29, 1.82) is 0 Å². The van der Waals surface area contributed by atoms with E-state index < -0.39 is 11.6 Å². The third kappa shape index (κ3) is 6.43. The van der Waals surface area contributed by atoms with Crippen molar-refractivity contribution in [3.63, 3.8) is 0 Å². The number of halogens is 2. The van der Waals surface area contributed by atoms with Gasteiger partial charge in [-0.2, -0.15) is 0 Å². The summed E-state index contributed by atoms with van der Waals surface area (Å²) < 4.78 is 26.3. The molecule has 0 N–H and O–H groups in total. The van der Waals surface area contributed by atoms with Gasteiger partial charge in [-0.1, -0.05) is 69.6 Å². The molecule has 1 unspecified atom stereocenters. The van der Waals surface area contributed by atoms with Gasteiger partial charge < -0.3 is 0 Å². The van der Waals surface area contributed by atoms with E-state index in [-0.39, 0.29) is 0 Å². The summed E-state index contributed by atoms with van der Waals surface area (Å²) in [5.41, 5.74) is 2.41. The van der Waals surface area contributed by atoms with Crippen LogP contribution in [0.15, 0.2) is 29.8 Å². The predicted octanol–water partition coefficient (Wildman–Crippen LogP) is 8.01. The summed E-state index contributed by atoms with van der Waals surface area (Å²) in [6.07, 6.45) is 19.5. The molecule has 0 heterocycles. The summed E-state index contributed by atoms with van der Waals surface area (Å²) in [7, 11) is 0. The van der Waals surface area contributed by atoms with Gasteiger partial charge in [-0.25, -0.2) is 8.78 Å². The average molecular weight is 375 g/mol. The van der Waals surface area contributed by atoms with Crippen LogP contribution in [0.5, 0.6) is 0 Å². The van der Waals surface area contributed by atoms with E-state index in [4.69, 9.17) is 0 Å². The molecule has 0 bridgehead atoms. The van der Waals surface area contributed by atoms with Gasteiger partial charge in [0.05, 0.1) is 0 Å². The highest BCUT2D eigenvalue weighted by Crippen LogP contribution is 2.36. The molecule has 0 nitrogen and oxygen atoms in total. The molecule has 2 aliphatic rings. The van der Waals surface area contributed by atoms with Gasteiger partial charge in [0, 0.05) is 0 Å². The van der Waals surface area contributed by atoms with Crippen molar-refractivity contribution >= 4 is 0 Å². The van der Waals surface area contributed by atoms with E-state index in [0.717, 1.165) is 36.2 Å². The Morgan fingerprint density at radius 2 is 1.52 bits per heavy atom. The zero-order chi connectivity index (χ0) is 19.1. The molecule has 0 aliphatic heterocycles. The smallest absolute Gasteiger partial charge is 0.159 e. The highest BCUT2D eigenvalue weighted by atomic mass is 19.2. The lowest BCUT2D eigenvalue weighted by Crippen LogP contribution is -2.16. The fraction of sp³-hybridized carbons (Fsp3) is 0.680. The van der Waals surface area contributed by atoms with Gasteiger partial charge in [0.2, 0.25) is 0 Å². The Morgan fingerprint density at radius 3 is 2.15 bits per heavy atom. The van der Waals surface area contributed by atoms with Gasteiger partial charge in [-0.05, 0) is 74.0 Å². The minimum atomic E-state index is -0.752. The zero-order valence-electron chi connectivity index (χ0n) is 17.0. The van der Waals surface area contributed by atoms with Gasteiger partial charge in [-0.15, -0.1) is 0 Å². The molecule has 3 rings (SSSR count). The molecule has 0 amide bonds. The molecule has 2 aliphatic carbocycles. The first-order valence-corrected chi connectivity index (χ1v) is 11.3.